The number of nitrogens with zero attached hydrogens (tertiary/aromatic N) is 2. The number of amides is 2. The van der Waals surface area contributed by atoms with Crippen LogP contribution in [0.15, 0.2) is 59.2 Å². The molecule has 4 rings (SSSR count). The minimum atomic E-state index is -1.03. The number of fused-ring (bicyclic) bond motifs is 1. The third kappa shape index (κ3) is 4.31. The quantitative estimate of drug-likeness (QED) is 0.577. The van der Waals surface area contributed by atoms with Gasteiger partial charge in [-0.15, -0.1) is 0 Å². The monoisotopic (exact) mass is 467 g/mol. The number of benzene rings is 2. The second-order valence-electron chi connectivity index (χ2n) is 7.46. The first-order valence-electron chi connectivity index (χ1n) is 9.91. The summed E-state index contributed by atoms with van der Waals surface area (Å²) in [7, 11) is 0. The fourth-order valence-corrected chi connectivity index (χ4v) is 4.48. The Balaban J connectivity index is 1.45. The largest absolute Gasteiger partial charge is 0.465 e. The molecule has 7 heteroatoms. The number of halogens is 1. The van der Waals surface area contributed by atoms with E-state index in [2.05, 4.69) is 38.4 Å². The SMILES string of the molecule is O=C(O)NCc1cccc(C2CCN(C(=O)c3ccc(Br)c4cccnc34)CC2)c1. The Morgan fingerprint density at radius 1 is 1.13 bits per heavy atom. The number of hydrogen-bond acceptors (Lipinski definition) is 3. The molecule has 1 aliphatic rings. The summed E-state index contributed by atoms with van der Waals surface area (Å²) in [6, 6.07) is 15.6. The highest BCUT2D eigenvalue weighted by Gasteiger charge is 2.26. The van der Waals surface area contributed by atoms with Gasteiger partial charge in [-0.3, -0.25) is 9.78 Å². The first kappa shape index (κ1) is 20.3. The van der Waals surface area contributed by atoms with Crippen molar-refractivity contribution in [3.63, 3.8) is 0 Å². The number of pyridine rings is 1. The summed E-state index contributed by atoms with van der Waals surface area (Å²) in [5, 5.41) is 12.1. The highest BCUT2D eigenvalue weighted by molar-refractivity contribution is 9.10. The molecule has 30 heavy (non-hydrogen) atoms. The van der Waals surface area contributed by atoms with Crippen LogP contribution < -0.4 is 5.32 Å². The Labute approximate surface area is 183 Å². The highest BCUT2D eigenvalue weighted by atomic mass is 79.9. The second kappa shape index (κ2) is 8.83. The molecule has 2 N–H and O–H groups in total. The zero-order valence-corrected chi connectivity index (χ0v) is 17.9. The molecule has 0 atom stereocenters. The lowest BCUT2D eigenvalue weighted by Gasteiger charge is -2.32. The number of hydrogen-bond donors (Lipinski definition) is 2. The van der Waals surface area contributed by atoms with Gasteiger partial charge in [0.1, 0.15) is 0 Å². The van der Waals surface area contributed by atoms with E-state index in [4.69, 9.17) is 5.11 Å². The molecule has 0 aliphatic carbocycles. The number of likely N-dealkylation sites (tertiary alicyclic amines) is 1. The molecule has 2 heterocycles. The van der Waals surface area contributed by atoms with Gasteiger partial charge in [-0.25, -0.2) is 4.79 Å². The normalized spacial score (nSPS) is 14.6. The molecule has 2 amide bonds. The van der Waals surface area contributed by atoms with Crippen LogP contribution in [0.3, 0.4) is 0 Å². The Bertz CT molecular complexity index is 1090. The summed E-state index contributed by atoms with van der Waals surface area (Å²) in [5.74, 6) is 0.377. The van der Waals surface area contributed by atoms with Gasteiger partial charge in [-0.05, 0) is 48.1 Å². The fraction of sp³-hybridized carbons (Fsp3) is 0.261. The van der Waals surface area contributed by atoms with Crippen LogP contribution in [0.4, 0.5) is 4.79 Å². The van der Waals surface area contributed by atoms with Crippen LogP contribution in [-0.4, -0.2) is 40.1 Å². The Kier molecular flexibility index (Phi) is 5.99. The second-order valence-corrected chi connectivity index (χ2v) is 8.32. The molecule has 0 spiro atoms. The molecule has 1 aliphatic heterocycles. The van der Waals surface area contributed by atoms with Crippen LogP contribution in [0, 0.1) is 0 Å². The maximum Gasteiger partial charge on any atom is 0.404 e. The lowest BCUT2D eigenvalue weighted by Crippen LogP contribution is -2.38. The van der Waals surface area contributed by atoms with Gasteiger partial charge < -0.3 is 15.3 Å². The van der Waals surface area contributed by atoms with Crippen LogP contribution in [0.25, 0.3) is 10.9 Å². The van der Waals surface area contributed by atoms with Crippen molar-refractivity contribution < 1.29 is 14.7 Å². The van der Waals surface area contributed by atoms with Crippen molar-refractivity contribution in [2.45, 2.75) is 25.3 Å². The molecule has 3 aromatic rings. The Hall–Kier alpha value is -2.93. The van der Waals surface area contributed by atoms with Crippen LogP contribution in [0.5, 0.6) is 0 Å². The number of carboxylic acid groups (broad SMARTS) is 1. The van der Waals surface area contributed by atoms with Gasteiger partial charge in [0.15, 0.2) is 0 Å². The van der Waals surface area contributed by atoms with Gasteiger partial charge in [0.25, 0.3) is 5.91 Å². The molecule has 6 nitrogen and oxygen atoms in total. The predicted molar refractivity (Wildman–Crippen MR) is 119 cm³/mol. The predicted octanol–water partition coefficient (Wildman–Crippen LogP) is 4.78. The lowest BCUT2D eigenvalue weighted by atomic mass is 9.88. The maximum atomic E-state index is 13.2. The van der Waals surface area contributed by atoms with Crippen molar-refractivity contribution in [3.05, 3.63) is 75.9 Å². The number of carbonyl (C=O) groups excluding carboxylic acids is 1. The van der Waals surface area contributed by atoms with Crippen LogP contribution in [0.1, 0.15) is 40.2 Å². The highest BCUT2D eigenvalue weighted by Crippen LogP contribution is 2.31. The van der Waals surface area contributed by atoms with E-state index in [1.165, 1.54) is 5.56 Å². The lowest BCUT2D eigenvalue weighted by molar-refractivity contribution is 0.0714. The standard InChI is InChI=1S/C23H22BrN3O3/c24-20-7-6-19(21-18(20)5-2-10-25-21)22(28)27-11-8-16(9-12-27)17-4-1-3-15(13-17)14-26-23(29)30/h1-7,10,13,16,26H,8-9,11-12,14H2,(H,29,30). The number of nitrogens with one attached hydrogen (secondary N) is 1. The minimum absolute atomic E-state index is 0.0176. The molecular formula is C23H22BrN3O3. The van der Waals surface area contributed by atoms with E-state index in [1.807, 2.05) is 41.3 Å². The Morgan fingerprint density at radius 2 is 1.93 bits per heavy atom. The van der Waals surface area contributed by atoms with Crippen molar-refractivity contribution in [2.24, 2.45) is 0 Å². The summed E-state index contributed by atoms with van der Waals surface area (Å²) >= 11 is 3.53. The molecular weight excluding hydrogens is 446 g/mol. The van der Waals surface area contributed by atoms with E-state index in [0.29, 0.717) is 31.1 Å². The zero-order chi connectivity index (χ0) is 21.1. The molecule has 0 radical (unpaired) electrons. The molecule has 2 aromatic carbocycles. The molecule has 1 aromatic heterocycles. The van der Waals surface area contributed by atoms with E-state index in [1.54, 1.807) is 6.20 Å². The number of rotatable bonds is 4. The van der Waals surface area contributed by atoms with Crippen molar-refractivity contribution in [1.29, 1.82) is 0 Å². The zero-order valence-electron chi connectivity index (χ0n) is 16.3. The first-order chi connectivity index (χ1) is 14.5. The maximum absolute atomic E-state index is 13.2. The van der Waals surface area contributed by atoms with E-state index >= 15 is 0 Å². The molecule has 154 valence electrons. The van der Waals surface area contributed by atoms with Gasteiger partial charge in [0, 0.05) is 35.7 Å². The molecule has 0 unspecified atom stereocenters. The number of piperidine rings is 1. The summed E-state index contributed by atoms with van der Waals surface area (Å²) in [5.41, 5.74) is 3.50. The topological polar surface area (TPSA) is 82.5 Å². The minimum Gasteiger partial charge on any atom is -0.465 e. The van der Waals surface area contributed by atoms with Crippen molar-refractivity contribution in [1.82, 2.24) is 15.2 Å². The van der Waals surface area contributed by atoms with Gasteiger partial charge in [-0.2, -0.15) is 0 Å². The van der Waals surface area contributed by atoms with Gasteiger partial charge in [-0.1, -0.05) is 46.3 Å². The first-order valence-corrected chi connectivity index (χ1v) is 10.7. The van der Waals surface area contributed by atoms with E-state index in [9.17, 15) is 9.59 Å². The Morgan fingerprint density at radius 3 is 2.70 bits per heavy atom. The molecule has 1 fully saturated rings. The molecule has 1 saturated heterocycles. The van der Waals surface area contributed by atoms with Gasteiger partial charge in [0.05, 0.1) is 11.1 Å². The summed E-state index contributed by atoms with van der Waals surface area (Å²) in [6.45, 7) is 1.67. The van der Waals surface area contributed by atoms with Gasteiger partial charge in [0.2, 0.25) is 0 Å². The van der Waals surface area contributed by atoms with Crippen molar-refractivity contribution in [2.75, 3.05) is 13.1 Å². The summed E-state index contributed by atoms with van der Waals surface area (Å²) < 4.78 is 0.929. The van der Waals surface area contributed by atoms with Crippen LogP contribution >= 0.6 is 15.9 Å². The third-order valence-electron chi connectivity index (χ3n) is 5.60. The summed E-state index contributed by atoms with van der Waals surface area (Å²) in [4.78, 5) is 30.2. The van der Waals surface area contributed by atoms with Crippen molar-refractivity contribution >= 4 is 38.8 Å². The van der Waals surface area contributed by atoms with E-state index in [0.717, 1.165) is 33.8 Å². The van der Waals surface area contributed by atoms with Crippen molar-refractivity contribution in [3.8, 4) is 0 Å². The van der Waals surface area contributed by atoms with Crippen LogP contribution in [0.2, 0.25) is 0 Å². The number of aromatic nitrogens is 1. The van der Waals surface area contributed by atoms with E-state index in [-0.39, 0.29) is 5.91 Å². The van der Waals surface area contributed by atoms with Gasteiger partial charge >= 0.3 is 6.09 Å². The fourth-order valence-electron chi connectivity index (χ4n) is 4.03. The van der Waals surface area contributed by atoms with Crippen LogP contribution in [-0.2, 0) is 6.54 Å². The average Bonchev–Trinajstić information content (AvgIpc) is 2.78. The van der Waals surface area contributed by atoms with E-state index < -0.39 is 6.09 Å². The summed E-state index contributed by atoms with van der Waals surface area (Å²) in [6.07, 6.45) is 2.44. The molecule has 0 bridgehead atoms. The third-order valence-corrected chi connectivity index (χ3v) is 6.29. The molecule has 0 saturated carbocycles. The average molecular weight is 468 g/mol. The smallest absolute Gasteiger partial charge is 0.404 e. The number of carbonyl (C=O) groups is 2.